The monoisotopic (exact) mass is 301 g/mol. The fourth-order valence-corrected chi connectivity index (χ4v) is 3.30. The lowest BCUT2D eigenvalue weighted by Crippen LogP contribution is -2.49. The number of rotatable bonds is 3. The molecule has 1 saturated heterocycles. The first kappa shape index (κ1) is 15.0. The van der Waals surface area contributed by atoms with Crippen LogP contribution in [0.15, 0.2) is 4.52 Å². The standard InChI is InChI=1S/C12H19N3O4S/c1-8-11(9(2)19-13-8)12(16)15-6-4-5-10(7-15)14-20(3,17)18/h10,14H,4-7H2,1-3H3/t10-/m0/s1. The van der Waals surface area contributed by atoms with Crippen LogP contribution < -0.4 is 4.72 Å². The number of hydrogen-bond donors (Lipinski definition) is 1. The number of amides is 1. The van der Waals surface area contributed by atoms with Crippen LogP contribution in [0.3, 0.4) is 0 Å². The second-order valence-corrected chi connectivity index (χ2v) is 6.96. The van der Waals surface area contributed by atoms with Gasteiger partial charge in [-0.2, -0.15) is 0 Å². The Morgan fingerprint density at radius 1 is 1.45 bits per heavy atom. The molecular weight excluding hydrogens is 282 g/mol. The van der Waals surface area contributed by atoms with Crippen LogP contribution in [-0.2, 0) is 10.0 Å². The normalized spacial score (nSPS) is 20.1. The second-order valence-electron chi connectivity index (χ2n) is 5.18. The molecule has 0 aromatic carbocycles. The lowest BCUT2D eigenvalue weighted by atomic mass is 10.0. The van der Waals surface area contributed by atoms with Crippen molar-refractivity contribution in [1.82, 2.24) is 14.8 Å². The summed E-state index contributed by atoms with van der Waals surface area (Å²) in [5.74, 6) is 0.340. The Morgan fingerprint density at radius 2 is 2.15 bits per heavy atom. The van der Waals surface area contributed by atoms with E-state index in [0.717, 1.165) is 19.1 Å². The number of nitrogens with one attached hydrogen (secondary N) is 1. The number of carbonyl (C=O) groups excluding carboxylic acids is 1. The van der Waals surface area contributed by atoms with Gasteiger partial charge in [-0.3, -0.25) is 4.79 Å². The first-order valence-corrected chi connectivity index (χ1v) is 8.36. The molecule has 0 aliphatic carbocycles. The third-order valence-electron chi connectivity index (χ3n) is 3.34. The average molecular weight is 301 g/mol. The first-order valence-electron chi connectivity index (χ1n) is 6.47. The van der Waals surface area contributed by atoms with Crippen molar-refractivity contribution >= 4 is 15.9 Å². The molecule has 7 nitrogen and oxygen atoms in total. The maximum atomic E-state index is 12.5. The minimum Gasteiger partial charge on any atom is -0.361 e. The molecule has 0 radical (unpaired) electrons. The quantitative estimate of drug-likeness (QED) is 0.875. The van der Waals surface area contributed by atoms with Crippen LogP contribution in [0.1, 0.15) is 34.7 Å². The van der Waals surface area contributed by atoms with Crippen LogP contribution in [0.25, 0.3) is 0 Å². The summed E-state index contributed by atoms with van der Waals surface area (Å²) in [7, 11) is -3.26. The number of aromatic nitrogens is 1. The van der Waals surface area contributed by atoms with Crippen LogP contribution in [0.2, 0.25) is 0 Å². The molecule has 20 heavy (non-hydrogen) atoms. The Balaban J connectivity index is 2.11. The van der Waals surface area contributed by atoms with Gasteiger partial charge in [0.25, 0.3) is 5.91 Å². The van der Waals surface area contributed by atoms with E-state index in [0.29, 0.717) is 30.1 Å². The predicted molar refractivity (Wildman–Crippen MR) is 72.9 cm³/mol. The lowest BCUT2D eigenvalue weighted by Gasteiger charge is -2.32. The second kappa shape index (κ2) is 5.53. The van der Waals surface area contributed by atoms with Gasteiger partial charge in [0.05, 0.1) is 11.9 Å². The van der Waals surface area contributed by atoms with Crippen molar-refractivity contribution in [2.24, 2.45) is 0 Å². The molecule has 2 heterocycles. The summed E-state index contributed by atoms with van der Waals surface area (Å²) in [5, 5.41) is 3.78. The van der Waals surface area contributed by atoms with E-state index in [2.05, 4.69) is 9.88 Å². The Labute approximate surface area is 118 Å². The van der Waals surface area contributed by atoms with Crippen LogP contribution in [-0.4, -0.2) is 49.8 Å². The topological polar surface area (TPSA) is 92.5 Å². The van der Waals surface area contributed by atoms with E-state index in [-0.39, 0.29) is 11.9 Å². The van der Waals surface area contributed by atoms with E-state index in [1.807, 2.05) is 0 Å². The van der Waals surface area contributed by atoms with E-state index >= 15 is 0 Å². The molecule has 8 heteroatoms. The molecule has 0 unspecified atom stereocenters. The summed E-state index contributed by atoms with van der Waals surface area (Å²) in [6, 6.07) is -0.233. The van der Waals surface area contributed by atoms with Crippen molar-refractivity contribution in [3.05, 3.63) is 17.0 Å². The maximum Gasteiger partial charge on any atom is 0.259 e. The molecule has 2 rings (SSSR count). The number of carbonyl (C=O) groups is 1. The van der Waals surface area contributed by atoms with Crippen LogP contribution >= 0.6 is 0 Å². The Morgan fingerprint density at radius 3 is 2.70 bits per heavy atom. The highest BCUT2D eigenvalue weighted by atomic mass is 32.2. The van der Waals surface area contributed by atoms with Gasteiger partial charge in [0.1, 0.15) is 11.3 Å². The van der Waals surface area contributed by atoms with Crippen LogP contribution in [0, 0.1) is 13.8 Å². The molecule has 1 amide bonds. The zero-order valence-corrected chi connectivity index (χ0v) is 12.7. The van der Waals surface area contributed by atoms with Gasteiger partial charge in [-0.15, -0.1) is 0 Å². The number of piperidine rings is 1. The highest BCUT2D eigenvalue weighted by molar-refractivity contribution is 7.88. The number of sulfonamides is 1. The van der Waals surface area contributed by atoms with Gasteiger partial charge in [0.15, 0.2) is 0 Å². The van der Waals surface area contributed by atoms with Gasteiger partial charge in [0.2, 0.25) is 10.0 Å². The van der Waals surface area contributed by atoms with E-state index < -0.39 is 10.0 Å². The van der Waals surface area contributed by atoms with Crippen molar-refractivity contribution in [3.63, 3.8) is 0 Å². The minimum atomic E-state index is -3.26. The van der Waals surface area contributed by atoms with Crippen molar-refractivity contribution in [1.29, 1.82) is 0 Å². The molecule has 1 N–H and O–H groups in total. The average Bonchev–Trinajstić information content (AvgIpc) is 2.66. The SMILES string of the molecule is Cc1noc(C)c1C(=O)N1CCC[C@H](NS(C)(=O)=O)C1. The largest absolute Gasteiger partial charge is 0.361 e. The summed E-state index contributed by atoms with van der Waals surface area (Å²) >= 11 is 0. The van der Waals surface area contributed by atoms with Gasteiger partial charge in [0, 0.05) is 19.1 Å². The molecule has 1 aliphatic heterocycles. The van der Waals surface area contributed by atoms with Crippen molar-refractivity contribution in [2.75, 3.05) is 19.3 Å². The molecule has 112 valence electrons. The van der Waals surface area contributed by atoms with Crippen LogP contribution in [0.5, 0.6) is 0 Å². The fourth-order valence-electron chi connectivity index (χ4n) is 2.51. The summed E-state index contributed by atoms with van der Waals surface area (Å²) in [5.41, 5.74) is 1.04. The molecule has 0 spiro atoms. The van der Waals surface area contributed by atoms with Crippen molar-refractivity contribution < 1.29 is 17.7 Å². The zero-order valence-electron chi connectivity index (χ0n) is 11.8. The lowest BCUT2D eigenvalue weighted by molar-refractivity contribution is 0.0700. The number of hydrogen-bond acceptors (Lipinski definition) is 5. The number of nitrogens with zero attached hydrogens (tertiary/aromatic N) is 2. The van der Waals surface area contributed by atoms with E-state index in [9.17, 15) is 13.2 Å². The molecule has 1 fully saturated rings. The fraction of sp³-hybridized carbons (Fsp3) is 0.667. The number of likely N-dealkylation sites (tertiary alicyclic amines) is 1. The molecule has 0 bridgehead atoms. The van der Waals surface area contributed by atoms with Gasteiger partial charge in [-0.05, 0) is 26.7 Å². The third kappa shape index (κ3) is 3.37. The molecule has 1 atom stereocenters. The summed E-state index contributed by atoms with van der Waals surface area (Å²) in [4.78, 5) is 14.1. The minimum absolute atomic E-state index is 0.152. The summed E-state index contributed by atoms with van der Waals surface area (Å²) in [6.45, 7) is 4.41. The van der Waals surface area contributed by atoms with E-state index in [4.69, 9.17) is 4.52 Å². The molecule has 1 aromatic rings. The van der Waals surface area contributed by atoms with Crippen molar-refractivity contribution in [2.45, 2.75) is 32.7 Å². The zero-order chi connectivity index (χ0) is 14.9. The Bertz CT molecular complexity index is 589. The van der Waals surface area contributed by atoms with Crippen molar-refractivity contribution in [3.8, 4) is 0 Å². The Kier molecular flexibility index (Phi) is 4.14. The highest BCUT2D eigenvalue weighted by Gasteiger charge is 2.29. The van der Waals surface area contributed by atoms with Gasteiger partial charge >= 0.3 is 0 Å². The predicted octanol–water partition coefficient (Wildman–Crippen LogP) is 0.445. The molecule has 1 aromatic heterocycles. The number of aryl methyl sites for hydroxylation is 2. The summed E-state index contributed by atoms with van der Waals surface area (Å²) < 4.78 is 30.1. The van der Waals surface area contributed by atoms with E-state index in [1.165, 1.54) is 0 Å². The molecular formula is C12H19N3O4S. The van der Waals surface area contributed by atoms with Crippen LogP contribution in [0.4, 0.5) is 0 Å². The first-order chi connectivity index (χ1) is 9.28. The highest BCUT2D eigenvalue weighted by Crippen LogP contribution is 2.19. The van der Waals surface area contributed by atoms with Gasteiger partial charge < -0.3 is 9.42 Å². The van der Waals surface area contributed by atoms with Gasteiger partial charge in [-0.1, -0.05) is 5.16 Å². The summed E-state index contributed by atoms with van der Waals surface area (Å²) in [6.07, 6.45) is 2.63. The Hall–Kier alpha value is -1.41. The van der Waals surface area contributed by atoms with E-state index in [1.54, 1.807) is 18.7 Å². The maximum absolute atomic E-state index is 12.5. The molecule has 0 saturated carbocycles. The smallest absolute Gasteiger partial charge is 0.259 e. The van der Waals surface area contributed by atoms with Gasteiger partial charge in [-0.25, -0.2) is 13.1 Å². The third-order valence-corrected chi connectivity index (χ3v) is 4.10. The molecule has 1 aliphatic rings.